The lowest BCUT2D eigenvalue weighted by Gasteiger charge is -2.25. The molecule has 0 aliphatic rings. The number of amides is 1. The molecule has 0 saturated heterocycles. The largest absolute Gasteiger partial charge is 0.472 e. The Morgan fingerprint density at radius 2 is 1.02 bits per heavy atom. The van der Waals surface area contributed by atoms with Gasteiger partial charge in [-0.3, -0.25) is 13.8 Å². The SMILES string of the molecule is CCCCCCCCC/C=C/CC/C=C/[C@H](O)[C@@H](COP(=O)(O)OCC[N+](C)(C)C)NC(=O)CCCCCCCCCCCCCCCCCCCCC. The standard InChI is InChI=1S/C45H89N2O6P/c1-6-8-10-12-14-16-18-20-21-22-23-24-25-27-29-31-33-35-37-39-45(49)46-43(42-53-54(50,51)52-41-40-47(3,4)5)44(48)38-36-34-32-30-28-26-19-17-15-13-11-9-7-2/h28,30,36,38,43-44,48H,6-27,29,31-35,37,39-42H2,1-5H3,(H-,46,49,50,51)/p+1/b30-28+,38-36+/t43-,44+/m1/s1. The van der Waals surface area contributed by atoms with Gasteiger partial charge < -0.3 is 19.8 Å². The van der Waals surface area contributed by atoms with E-state index in [-0.39, 0.29) is 19.1 Å². The summed E-state index contributed by atoms with van der Waals surface area (Å²) in [6.07, 6.45) is 43.9. The fraction of sp³-hybridized carbons (Fsp3) is 0.889. The second-order valence-corrected chi connectivity index (χ2v) is 18.2. The molecule has 0 aliphatic carbocycles. The normalized spacial score (nSPS) is 14.6. The van der Waals surface area contributed by atoms with Gasteiger partial charge in [-0.1, -0.05) is 192 Å². The number of unbranched alkanes of at least 4 members (excludes halogenated alkanes) is 26. The number of carbonyl (C=O) groups is 1. The van der Waals surface area contributed by atoms with Gasteiger partial charge in [-0.25, -0.2) is 4.57 Å². The number of phosphoric ester groups is 1. The molecule has 0 heterocycles. The molecular formula is C45H90N2O6P+. The summed E-state index contributed by atoms with van der Waals surface area (Å²) in [5.41, 5.74) is 0. The lowest BCUT2D eigenvalue weighted by Crippen LogP contribution is -2.45. The first-order chi connectivity index (χ1) is 26.0. The van der Waals surface area contributed by atoms with Gasteiger partial charge in [0.25, 0.3) is 0 Å². The Kier molecular flexibility index (Phi) is 36.8. The molecule has 9 heteroatoms. The zero-order valence-corrected chi connectivity index (χ0v) is 37.1. The first-order valence-corrected chi connectivity index (χ1v) is 24.2. The minimum Gasteiger partial charge on any atom is -0.387 e. The molecular weight excluding hydrogens is 695 g/mol. The molecule has 1 unspecified atom stereocenters. The van der Waals surface area contributed by atoms with Gasteiger partial charge in [0.2, 0.25) is 5.91 Å². The van der Waals surface area contributed by atoms with Crippen LogP contribution in [0.2, 0.25) is 0 Å². The predicted octanol–water partition coefficient (Wildman–Crippen LogP) is 12.5. The third-order valence-electron chi connectivity index (χ3n) is 10.2. The molecule has 0 aliphatic heterocycles. The second-order valence-electron chi connectivity index (χ2n) is 16.8. The van der Waals surface area contributed by atoms with Crippen LogP contribution in [0, 0.1) is 0 Å². The van der Waals surface area contributed by atoms with Gasteiger partial charge in [-0.05, 0) is 32.1 Å². The van der Waals surface area contributed by atoms with Crippen LogP contribution in [0.3, 0.4) is 0 Å². The summed E-state index contributed by atoms with van der Waals surface area (Å²) in [5, 5.41) is 13.8. The molecule has 54 heavy (non-hydrogen) atoms. The smallest absolute Gasteiger partial charge is 0.387 e. The zero-order chi connectivity index (χ0) is 40.0. The van der Waals surface area contributed by atoms with Gasteiger partial charge in [-0.15, -0.1) is 0 Å². The summed E-state index contributed by atoms with van der Waals surface area (Å²) < 4.78 is 23.5. The maximum atomic E-state index is 12.9. The molecule has 1 amide bonds. The summed E-state index contributed by atoms with van der Waals surface area (Å²) in [6, 6.07) is -0.857. The maximum absolute atomic E-state index is 12.9. The number of hydrogen-bond donors (Lipinski definition) is 3. The Morgan fingerprint density at radius 3 is 1.48 bits per heavy atom. The van der Waals surface area contributed by atoms with Crippen molar-refractivity contribution < 1.29 is 32.9 Å². The molecule has 0 rings (SSSR count). The number of likely N-dealkylation sites (N-methyl/N-ethyl adjacent to an activating group) is 1. The highest BCUT2D eigenvalue weighted by Crippen LogP contribution is 2.43. The van der Waals surface area contributed by atoms with E-state index >= 15 is 0 Å². The van der Waals surface area contributed by atoms with E-state index in [4.69, 9.17) is 9.05 Å². The van der Waals surface area contributed by atoms with E-state index in [0.29, 0.717) is 17.4 Å². The van der Waals surface area contributed by atoms with Gasteiger partial charge >= 0.3 is 7.82 Å². The van der Waals surface area contributed by atoms with Crippen molar-refractivity contribution in [2.24, 2.45) is 0 Å². The molecule has 8 nitrogen and oxygen atoms in total. The van der Waals surface area contributed by atoms with Crippen LogP contribution in [-0.4, -0.2) is 73.4 Å². The third kappa shape index (κ3) is 39.2. The Bertz CT molecular complexity index is 938. The van der Waals surface area contributed by atoms with Gasteiger partial charge in [-0.2, -0.15) is 0 Å². The van der Waals surface area contributed by atoms with E-state index in [1.54, 1.807) is 6.08 Å². The lowest BCUT2D eigenvalue weighted by atomic mass is 10.0. The van der Waals surface area contributed by atoms with Crippen LogP contribution in [0.5, 0.6) is 0 Å². The van der Waals surface area contributed by atoms with E-state index in [0.717, 1.165) is 38.5 Å². The Labute approximate surface area is 334 Å². The van der Waals surface area contributed by atoms with Gasteiger partial charge in [0.15, 0.2) is 0 Å². The Balaban J connectivity index is 4.37. The van der Waals surface area contributed by atoms with Crippen molar-refractivity contribution in [2.75, 3.05) is 40.9 Å². The second kappa shape index (κ2) is 37.6. The highest BCUT2D eigenvalue weighted by molar-refractivity contribution is 7.47. The number of aliphatic hydroxyl groups is 1. The molecule has 0 aromatic rings. The Hall–Kier alpha value is -1.02. The van der Waals surface area contributed by atoms with Gasteiger partial charge in [0, 0.05) is 6.42 Å². The molecule has 3 N–H and O–H groups in total. The van der Waals surface area contributed by atoms with E-state index in [1.807, 2.05) is 27.2 Å². The van der Waals surface area contributed by atoms with Crippen LogP contribution in [0.4, 0.5) is 0 Å². The fourth-order valence-electron chi connectivity index (χ4n) is 6.53. The first-order valence-electron chi connectivity index (χ1n) is 22.7. The maximum Gasteiger partial charge on any atom is 0.472 e. The zero-order valence-electron chi connectivity index (χ0n) is 36.2. The molecule has 0 radical (unpaired) electrons. The van der Waals surface area contributed by atoms with Crippen molar-refractivity contribution in [1.82, 2.24) is 5.32 Å². The molecule has 0 bridgehead atoms. The number of phosphoric acid groups is 1. The van der Waals surface area contributed by atoms with Crippen LogP contribution in [-0.2, 0) is 18.4 Å². The number of allylic oxidation sites excluding steroid dienone is 3. The van der Waals surface area contributed by atoms with E-state index < -0.39 is 20.0 Å². The number of nitrogens with zero attached hydrogens (tertiary/aromatic N) is 1. The Morgan fingerprint density at radius 1 is 0.611 bits per heavy atom. The van der Waals surface area contributed by atoms with Crippen molar-refractivity contribution in [3.63, 3.8) is 0 Å². The van der Waals surface area contributed by atoms with Crippen LogP contribution >= 0.6 is 7.82 Å². The van der Waals surface area contributed by atoms with Crippen LogP contribution in [0.25, 0.3) is 0 Å². The highest BCUT2D eigenvalue weighted by atomic mass is 31.2. The number of quaternary nitrogens is 1. The molecule has 0 spiro atoms. The van der Waals surface area contributed by atoms with E-state index in [1.165, 1.54) is 148 Å². The lowest BCUT2D eigenvalue weighted by molar-refractivity contribution is -0.870. The molecule has 3 atom stereocenters. The first kappa shape index (κ1) is 53.0. The summed E-state index contributed by atoms with van der Waals surface area (Å²) in [5.74, 6) is -0.185. The quantitative estimate of drug-likeness (QED) is 0.0247. The van der Waals surface area contributed by atoms with Gasteiger partial charge in [0.1, 0.15) is 13.2 Å². The highest BCUT2D eigenvalue weighted by Gasteiger charge is 2.27. The predicted molar refractivity (Wildman–Crippen MR) is 231 cm³/mol. The summed E-state index contributed by atoms with van der Waals surface area (Å²) in [6.45, 7) is 4.79. The van der Waals surface area contributed by atoms with Crippen molar-refractivity contribution in [1.29, 1.82) is 0 Å². The number of aliphatic hydroxyl groups excluding tert-OH is 1. The molecule has 0 aromatic heterocycles. The van der Waals surface area contributed by atoms with E-state index in [2.05, 4.69) is 31.3 Å². The van der Waals surface area contributed by atoms with Gasteiger partial charge in [0.05, 0.1) is 39.9 Å². The third-order valence-corrected chi connectivity index (χ3v) is 11.2. The molecule has 320 valence electrons. The minimum absolute atomic E-state index is 0.0582. The number of nitrogens with one attached hydrogen (secondary N) is 1. The van der Waals surface area contributed by atoms with Crippen LogP contribution < -0.4 is 5.32 Å². The number of rotatable bonds is 41. The number of carbonyl (C=O) groups excluding carboxylic acids is 1. The topological polar surface area (TPSA) is 105 Å². The summed E-state index contributed by atoms with van der Waals surface area (Å²) in [7, 11) is 1.56. The monoisotopic (exact) mass is 786 g/mol. The van der Waals surface area contributed by atoms with Crippen molar-refractivity contribution in [3.05, 3.63) is 24.3 Å². The van der Waals surface area contributed by atoms with Crippen LogP contribution in [0.15, 0.2) is 24.3 Å². The average Bonchev–Trinajstić information content (AvgIpc) is 3.12. The minimum atomic E-state index is -4.34. The average molecular weight is 786 g/mol. The summed E-state index contributed by atoms with van der Waals surface area (Å²) in [4.78, 5) is 23.1. The molecule has 0 aromatic carbocycles. The molecule has 0 saturated carbocycles. The van der Waals surface area contributed by atoms with Crippen molar-refractivity contribution in [2.45, 2.75) is 219 Å². The van der Waals surface area contributed by atoms with Crippen molar-refractivity contribution in [3.8, 4) is 0 Å². The fourth-order valence-corrected chi connectivity index (χ4v) is 7.26. The molecule has 0 fully saturated rings. The summed E-state index contributed by atoms with van der Waals surface area (Å²) >= 11 is 0. The van der Waals surface area contributed by atoms with Crippen molar-refractivity contribution >= 4 is 13.7 Å². The van der Waals surface area contributed by atoms with Crippen LogP contribution in [0.1, 0.15) is 206 Å². The number of hydrogen-bond acceptors (Lipinski definition) is 5. The van der Waals surface area contributed by atoms with E-state index in [9.17, 15) is 19.4 Å².